The van der Waals surface area contributed by atoms with E-state index in [0.717, 1.165) is 5.56 Å². The van der Waals surface area contributed by atoms with Crippen molar-refractivity contribution in [2.45, 2.75) is 11.5 Å². The van der Waals surface area contributed by atoms with Crippen LogP contribution < -0.4 is 14.8 Å². The molecule has 0 saturated heterocycles. The van der Waals surface area contributed by atoms with Crippen LogP contribution in [0.2, 0.25) is 0 Å². The van der Waals surface area contributed by atoms with Crippen molar-refractivity contribution in [3.63, 3.8) is 0 Å². The maximum atomic E-state index is 12.7. The average molecular weight is 448 g/mol. The van der Waals surface area contributed by atoms with Crippen LogP contribution in [-0.4, -0.2) is 20.9 Å². The van der Waals surface area contributed by atoms with Crippen molar-refractivity contribution in [3.8, 4) is 11.8 Å². The van der Waals surface area contributed by atoms with E-state index in [0.29, 0.717) is 17.0 Å². The summed E-state index contributed by atoms with van der Waals surface area (Å²) >= 11 is 0. The fourth-order valence-corrected chi connectivity index (χ4v) is 3.86. The lowest BCUT2D eigenvalue weighted by Gasteiger charge is -2.10. The third-order valence-electron chi connectivity index (χ3n) is 4.38. The molecule has 0 heterocycles. The summed E-state index contributed by atoms with van der Waals surface area (Å²) in [7, 11) is -3.74. The van der Waals surface area contributed by atoms with E-state index in [9.17, 15) is 13.2 Å². The Balaban J connectivity index is 1.69. The molecular formula is C24H21N3O4S. The molecule has 3 aromatic carbocycles. The van der Waals surface area contributed by atoms with Crippen LogP contribution in [0.5, 0.6) is 5.75 Å². The van der Waals surface area contributed by atoms with Crippen LogP contribution in [0.3, 0.4) is 0 Å². The predicted octanol–water partition coefficient (Wildman–Crippen LogP) is 3.85. The Morgan fingerprint density at radius 1 is 1.06 bits per heavy atom. The Morgan fingerprint density at radius 3 is 2.62 bits per heavy atom. The summed E-state index contributed by atoms with van der Waals surface area (Å²) in [4.78, 5) is 12.6. The maximum Gasteiger partial charge on any atom is 0.255 e. The molecule has 3 rings (SSSR count). The van der Waals surface area contributed by atoms with Gasteiger partial charge in [-0.25, -0.2) is 13.1 Å². The van der Waals surface area contributed by atoms with Gasteiger partial charge in [0.25, 0.3) is 5.91 Å². The quantitative estimate of drug-likeness (QED) is 0.484. The van der Waals surface area contributed by atoms with Gasteiger partial charge in [0.2, 0.25) is 10.0 Å². The van der Waals surface area contributed by atoms with Crippen LogP contribution in [0, 0.1) is 11.3 Å². The highest BCUT2D eigenvalue weighted by molar-refractivity contribution is 7.89. The summed E-state index contributed by atoms with van der Waals surface area (Å²) in [6.07, 6.45) is 1.43. The van der Waals surface area contributed by atoms with Crippen molar-refractivity contribution >= 4 is 21.6 Å². The molecule has 1 amide bonds. The van der Waals surface area contributed by atoms with Gasteiger partial charge in [0.05, 0.1) is 16.5 Å². The minimum Gasteiger partial charge on any atom is -0.489 e. The number of nitrogens with one attached hydrogen (secondary N) is 2. The summed E-state index contributed by atoms with van der Waals surface area (Å²) in [6, 6.07) is 21.8. The summed E-state index contributed by atoms with van der Waals surface area (Å²) < 4.78 is 32.7. The number of nitriles is 1. The first-order valence-corrected chi connectivity index (χ1v) is 11.1. The summed E-state index contributed by atoms with van der Waals surface area (Å²) in [6.45, 7) is 3.84. The fraction of sp³-hybridized carbons (Fsp3) is 0.0833. The van der Waals surface area contributed by atoms with E-state index in [4.69, 9.17) is 10.00 Å². The van der Waals surface area contributed by atoms with Gasteiger partial charge in [-0.1, -0.05) is 30.3 Å². The number of benzene rings is 3. The number of carbonyl (C=O) groups excluding carboxylic acids is 1. The molecule has 3 aromatic rings. The summed E-state index contributed by atoms with van der Waals surface area (Å²) in [5.41, 5.74) is 2.10. The van der Waals surface area contributed by atoms with Crippen LogP contribution >= 0.6 is 0 Å². The van der Waals surface area contributed by atoms with Crippen LogP contribution in [0.15, 0.2) is 90.3 Å². The maximum absolute atomic E-state index is 12.7. The first kappa shape index (κ1) is 22.7. The van der Waals surface area contributed by atoms with Gasteiger partial charge in [-0.2, -0.15) is 5.26 Å². The third kappa shape index (κ3) is 6.04. The number of ether oxygens (including phenoxy) is 1. The second kappa shape index (κ2) is 10.4. The van der Waals surface area contributed by atoms with Gasteiger partial charge in [0.15, 0.2) is 0 Å². The molecule has 8 heteroatoms. The van der Waals surface area contributed by atoms with E-state index in [1.807, 2.05) is 6.07 Å². The highest BCUT2D eigenvalue weighted by Crippen LogP contribution is 2.20. The van der Waals surface area contributed by atoms with Crippen molar-refractivity contribution in [2.24, 2.45) is 0 Å². The minimum atomic E-state index is -3.74. The van der Waals surface area contributed by atoms with Gasteiger partial charge in [-0.15, -0.1) is 6.58 Å². The average Bonchev–Trinajstić information content (AvgIpc) is 2.82. The molecule has 162 valence electrons. The lowest BCUT2D eigenvalue weighted by Crippen LogP contribution is -2.24. The zero-order chi connectivity index (χ0) is 23.0. The van der Waals surface area contributed by atoms with Crippen molar-refractivity contribution < 1.29 is 17.9 Å². The largest absolute Gasteiger partial charge is 0.489 e. The molecule has 7 nitrogen and oxygen atoms in total. The third-order valence-corrected chi connectivity index (χ3v) is 5.80. The molecule has 0 radical (unpaired) electrons. The molecule has 0 bridgehead atoms. The topological polar surface area (TPSA) is 108 Å². The van der Waals surface area contributed by atoms with Crippen molar-refractivity contribution in [2.75, 3.05) is 11.9 Å². The summed E-state index contributed by atoms with van der Waals surface area (Å²) in [5, 5.41) is 11.7. The van der Waals surface area contributed by atoms with Crippen molar-refractivity contribution in [3.05, 3.63) is 102 Å². The Morgan fingerprint density at radius 2 is 1.84 bits per heavy atom. The lowest BCUT2D eigenvalue weighted by molar-refractivity contribution is 0.102. The summed E-state index contributed by atoms with van der Waals surface area (Å²) in [5.74, 6) is 0.0831. The minimum absolute atomic E-state index is 0.0105. The monoisotopic (exact) mass is 447 g/mol. The van der Waals surface area contributed by atoms with Crippen LogP contribution in [0.1, 0.15) is 21.5 Å². The first-order chi connectivity index (χ1) is 15.4. The van der Waals surface area contributed by atoms with E-state index in [2.05, 4.69) is 22.7 Å². The number of carbonyl (C=O) groups is 1. The number of rotatable bonds is 9. The lowest BCUT2D eigenvalue weighted by atomic mass is 10.1. The molecule has 0 aromatic heterocycles. The predicted molar refractivity (Wildman–Crippen MR) is 122 cm³/mol. The zero-order valence-corrected chi connectivity index (χ0v) is 17.9. The molecule has 0 saturated carbocycles. The number of sulfonamides is 1. The van der Waals surface area contributed by atoms with Gasteiger partial charge in [0.1, 0.15) is 12.4 Å². The normalized spacial score (nSPS) is 10.7. The molecule has 0 aliphatic heterocycles. The van der Waals surface area contributed by atoms with Gasteiger partial charge < -0.3 is 10.1 Å². The van der Waals surface area contributed by atoms with Gasteiger partial charge in [-0.05, 0) is 48.0 Å². The fourth-order valence-electron chi connectivity index (χ4n) is 2.82. The Labute approximate surface area is 187 Å². The molecule has 2 N–H and O–H groups in total. The molecule has 0 unspecified atom stereocenters. The molecule has 0 aliphatic carbocycles. The van der Waals surface area contributed by atoms with E-state index >= 15 is 0 Å². The number of amides is 1. The van der Waals surface area contributed by atoms with E-state index in [1.165, 1.54) is 30.3 Å². The van der Waals surface area contributed by atoms with Gasteiger partial charge in [0, 0.05) is 23.9 Å². The van der Waals surface area contributed by atoms with Crippen LogP contribution in [0.25, 0.3) is 0 Å². The highest BCUT2D eigenvalue weighted by atomic mass is 32.2. The molecular weight excluding hydrogens is 426 g/mol. The van der Waals surface area contributed by atoms with Crippen molar-refractivity contribution in [1.29, 1.82) is 5.26 Å². The van der Waals surface area contributed by atoms with E-state index < -0.39 is 15.9 Å². The first-order valence-electron chi connectivity index (χ1n) is 9.65. The molecule has 32 heavy (non-hydrogen) atoms. The molecule has 0 aliphatic rings. The molecule has 0 atom stereocenters. The van der Waals surface area contributed by atoms with Crippen LogP contribution in [-0.2, 0) is 16.6 Å². The Kier molecular flexibility index (Phi) is 7.39. The number of nitrogens with zero attached hydrogens (tertiary/aromatic N) is 1. The second-order valence-electron chi connectivity index (χ2n) is 6.75. The number of hydrogen-bond acceptors (Lipinski definition) is 5. The van der Waals surface area contributed by atoms with Crippen molar-refractivity contribution in [1.82, 2.24) is 4.72 Å². The van der Waals surface area contributed by atoms with Gasteiger partial charge in [-0.3, -0.25) is 4.79 Å². The number of hydrogen-bond donors (Lipinski definition) is 2. The highest BCUT2D eigenvalue weighted by Gasteiger charge is 2.15. The Bertz CT molecular complexity index is 1280. The molecule has 0 spiro atoms. The van der Waals surface area contributed by atoms with E-state index in [-0.39, 0.29) is 23.6 Å². The number of anilines is 1. The zero-order valence-electron chi connectivity index (χ0n) is 17.1. The molecule has 0 fully saturated rings. The standard InChI is InChI=1S/C24H21N3O4S/c1-2-12-26-32(29,30)23-11-4-8-20(14-23)24(28)27-21-9-5-10-22(15-21)31-17-19-7-3-6-18(13-19)16-25/h2-11,13-15,26H,1,12,17H2,(H,27,28). The second-order valence-corrected chi connectivity index (χ2v) is 8.52. The van der Waals surface area contributed by atoms with E-state index in [1.54, 1.807) is 42.5 Å². The van der Waals surface area contributed by atoms with Gasteiger partial charge >= 0.3 is 0 Å². The smallest absolute Gasteiger partial charge is 0.255 e. The Hall–Kier alpha value is -3.93. The SMILES string of the molecule is C=CCNS(=O)(=O)c1cccc(C(=O)Nc2cccc(OCc3cccc(C#N)c3)c2)c1. The van der Waals surface area contributed by atoms with Crippen LogP contribution in [0.4, 0.5) is 5.69 Å².